The molecule has 0 aromatic rings. The van der Waals surface area contributed by atoms with Gasteiger partial charge in [0.05, 0.1) is 6.10 Å². The van der Waals surface area contributed by atoms with E-state index >= 15 is 0 Å². The Kier molecular flexibility index (Phi) is 4.65. The van der Waals surface area contributed by atoms with Gasteiger partial charge in [-0.2, -0.15) is 0 Å². The highest BCUT2D eigenvalue weighted by Crippen LogP contribution is 2.07. The van der Waals surface area contributed by atoms with Gasteiger partial charge in [0.2, 0.25) is 0 Å². The molecule has 0 spiro atoms. The first-order valence-corrected chi connectivity index (χ1v) is 3.97. The van der Waals surface area contributed by atoms with E-state index in [1.165, 1.54) is 0 Å². The molecule has 0 radical (unpaired) electrons. The van der Waals surface area contributed by atoms with E-state index in [0.29, 0.717) is 5.92 Å². The van der Waals surface area contributed by atoms with E-state index in [0.717, 1.165) is 12.8 Å². The Balaban J connectivity index is 3.30. The second-order valence-electron chi connectivity index (χ2n) is 3.40. The topological polar surface area (TPSA) is 46.2 Å². The van der Waals surface area contributed by atoms with E-state index in [2.05, 4.69) is 13.8 Å². The van der Waals surface area contributed by atoms with Crippen molar-refractivity contribution in [1.82, 2.24) is 0 Å². The quantitative estimate of drug-likeness (QED) is 0.623. The number of aliphatic hydroxyl groups is 1. The Labute approximate surface area is 63.4 Å². The lowest BCUT2D eigenvalue weighted by atomic mass is 10.0. The van der Waals surface area contributed by atoms with Gasteiger partial charge in [0.25, 0.3) is 0 Å². The van der Waals surface area contributed by atoms with Crippen molar-refractivity contribution < 1.29 is 5.11 Å². The normalized spacial score (nSPS) is 17.4. The average molecular weight is 145 g/mol. The van der Waals surface area contributed by atoms with Crippen LogP contribution < -0.4 is 5.73 Å². The van der Waals surface area contributed by atoms with Crippen molar-refractivity contribution in [3.63, 3.8) is 0 Å². The van der Waals surface area contributed by atoms with Gasteiger partial charge in [-0.15, -0.1) is 0 Å². The van der Waals surface area contributed by atoms with Crippen LogP contribution in [0.15, 0.2) is 0 Å². The molecule has 10 heavy (non-hydrogen) atoms. The van der Waals surface area contributed by atoms with Gasteiger partial charge < -0.3 is 10.8 Å². The third-order valence-electron chi connectivity index (χ3n) is 1.65. The van der Waals surface area contributed by atoms with Gasteiger partial charge in [-0.1, -0.05) is 13.8 Å². The minimum absolute atomic E-state index is 0.0845. The minimum Gasteiger partial charge on any atom is -0.392 e. The third kappa shape index (κ3) is 4.77. The molecule has 2 heteroatoms. The largest absolute Gasteiger partial charge is 0.392 e. The van der Waals surface area contributed by atoms with Crippen LogP contribution in [-0.4, -0.2) is 17.3 Å². The summed E-state index contributed by atoms with van der Waals surface area (Å²) in [6, 6.07) is -0.0845. The smallest absolute Gasteiger partial charge is 0.0688 e. The van der Waals surface area contributed by atoms with Crippen LogP contribution >= 0.6 is 0 Å². The summed E-state index contributed by atoms with van der Waals surface area (Å²) in [5.41, 5.74) is 5.47. The first kappa shape index (κ1) is 9.92. The fraction of sp³-hybridized carbons (Fsp3) is 1.00. The summed E-state index contributed by atoms with van der Waals surface area (Å²) in [5, 5.41) is 9.25. The predicted octanol–water partition coefficient (Wildman–Crippen LogP) is 1.13. The van der Waals surface area contributed by atoms with Crippen molar-refractivity contribution in [2.24, 2.45) is 11.7 Å². The molecule has 0 bridgehead atoms. The monoisotopic (exact) mass is 145 g/mol. The van der Waals surface area contributed by atoms with Crippen LogP contribution in [0.3, 0.4) is 0 Å². The summed E-state index contributed by atoms with van der Waals surface area (Å²) in [4.78, 5) is 0. The molecule has 62 valence electrons. The molecule has 2 unspecified atom stereocenters. The standard InChI is InChI=1S/C8H19NO/c1-6(2)4-5-8(10)7(3)9/h6-8,10H,4-5,9H2,1-3H3. The molecular formula is C8H19NO. The van der Waals surface area contributed by atoms with Gasteiger partial charge >= 0.3 is 0 Å². The zero-order chi connectivity index (χ0) is 8.15. The molecule has 0 aliphatic heterocycles. The first-order chi connectivity index (χ1) is 4.54. The lowest BCUT2D eigenvalue weighted by molar-refractivity contribution is 0.134. The number of hydrogen-bond donors (Lipinski definition) is 2. The number of hydrogen-bond acceptors (Lipinski definition) is 2. The van der Waals surface area contributed by atoms with Crippen molar-refractivity contribution in [3.05, 3.63) is 0 Å². The van der Waals surface area contributed by atoms with E-state index < -0.39 is 0 Å². The first-order valence-electron chi connectivity index (χ1n) is 3.97. The van der Waals surface area contributed by atoms with Crippen molar-refractivity contribution >= 4 is 0 Å². The molecule has 0 amide bonds. The zero-order valence-corrected chi connectivity index (χ0v) is 7.17. The van der Waals surface area contributed by atoms with E-state index in [1.54, 1.807) is 0 Å². The van der Waals surface area contributed by atoms with Gasteiger partial charge in [-0.25, -0.2) is 0 Å². The molecule has 0 rings (SSSR count). The molecule has 0 aromatic carbocycles. The van der Waals surface area contributed by atoms with Gasteiger partial charge in [-0.05, 0) is 25.7 Å². The van der Waals surface area contributed by atoms with Gasteiger partial charge in [0.1, 0.15) is 0 Å². The molecule has 0 aliphatic rings. The summed E-state index contributed by atoms with van der Waals surface area (Å²) >= 11 is 0. The van der Waals surface area contributed by atoms with Crippen LogP contribution in [0.1, 0.15) is 33.6 Å². The van der Waals surface area contributed by atoms with Crippen LogP contribution in [-0.2, 0) is 0 Å². The highest BCUT2D eigenvalue weighted by Gasteiger charge is 2.09. The fourth-order valence-electron chi connectivity index (χ4n) is 0.767. The summed E-state index contributed by atoms with van der Waals surface area (Å²) in [7, 11) is 0. The highest BCUT2D eigenvalue weighted by molar-refractivity contribution is 4.66. The zero-order valence-electron chi connectivity index (χ0n) is 7.17. The molecular weight excluding hydrogens is 126 g/mol. The van der Waals surface area contributed by atoms with E-state index in [1.807, 2.05) is 6.92 Å². The summed E-state index contributed by atoms with van der Waals surface area (Å²) in [6.07, 6.45) is 1.57. The third-order valence-corrected chi connectivity index (χ3v) is 1.65. The molecule has 3 N–H and O–H groups in total. The van der Waals surface area contributed by atoms with Gasteiger partial charge in [-0.3, -0.25) is 0 Å². The maximum Gasteiger partial charge on any atom is 0.0688 e. The van der Waals surface area contributed by atoms with Crippen LogP contribution in [0.5, 0.6) is 0 Å². The van der Waals surface area contributed by atoms with Gasteiger partial charge in [0, 0.05) is 6.04 Å². The Morgan fingerprint density at radius 3 is 2.00 bits per heavy atom. The van der Waals surface area contributed by atoms with Crippen LogP contribution in [0.25, 0.3) is 0 Å². The van der Waals surface area contributed by atoms with E-state index in [4.69, 9.17) is 5.73 Å². The molecule has 0 aromatic heterocycles. The molecule has 0 saturated heterocycles. The molecule has 0 saturated carbocycles. The highest BCUT2D eigenvalue weighted by atomic mass is 16.3. The lowest BCUT2D eigenvalue weighted by Gasteiger charge is -2.14. The van der Waals surface area contributed by atoms with E-state index in [9.17, 15) is 5.11 Å². The van der Waals surface area contributed by atoms with Crippen molar-refractivity contribution in [3.8, 4) is 0 Å². The van der Waals surface area contributed by atoms with Crippen LogP contribution in [0, 0.1) is 5.92 Å². The van der Waals surface area contributed by atoms with Crippen molar-refractivity contribution in [1.29, 1.82) is 0 Å². The minimum atomic E-state index is -0.317. The second-order valence-corrected chi connectivity index (χ2v) is 3.40. The Morgan fingerprint density at radius 1 is 1.20 bits per heavy atom. The molecule has 2 nitrogen and oxygen atoms in total. The second kappa shape index (κ2) is 4.69. The van der Waals surface area contributed by atoms with Crippen LogP contribution in [0.4, 0.5) is 0 Å². The van der Waals surface area contributed by atoms with Crippen LogP contribution in [0.2, 0.25) is 0 Å². The summed E-state index contributed by atoms with van der Waals surface area (Å²) in [5.74, 6) is 0.661. The molecule has 2 atom stereocenters. The van der Waals surface area contributed by atoms with Crippen molar-refractivity contribution in [2.45, 2.75) is 45.8 Å². The van der Waals surface area contributed by atoms with Gasteiger partial charge in [0.15, 0.2) is 0 Å². The lowest BCUT2D eigenvalue weighted by Crippen LogP contribution is -2.31. The molecule has 0 aliphatic carbocycles. The summed E-state index contributed by atoms with van der Waals surface area (Å²) < 4.78 is 0. The number of nitrogens with two attached hydrogens (primary N) is 1. The Bertz CT molecular complexity index is 81.3. The maximum absolute atomic E-state index is 9.25. The Hall–Kier alpha value is -0.0800. The molecule has 0 fully saturated rings. The number of aliphatic hydroxyl groups excluding tert-OH is 1. The number of rotatable bonds is 4. The maximum atomic E-state index is 9.25. The fourth-order valence-corrected chi connectivity index (χ4v) is 0.767. The average Bonchev–Trinajstić information content (AvgIpc) is 1.82. The van der Waals surface area contributed by atoms with E-state index in [-0.39, 0.29) is 12.1 Å². The molecule has 0 heterocycles. The SMILES string of the molecule is CC(C)CCC(O)C(C)N. The van der Waals surface area contributed by atoms with Crippen molar-refractivity contribution in [2.75, 3.05) is 0 Å². The Morgan fingerprint density at radius 2 is 1.70 bits per heavy atom. The summed E-state index contributed by atoms with van der Waals surface area (Å²) in [6.45, 7) is 6.13. The predicted molar refractivity (Wildman–Crippen MR) is 43.7 cm³/mol.